The quantitative estimate of drug-likeness (QED) is 0.536. The van der Waals surface area contributed by atoms with Crippen LogP contribution in [0.1, 0.15) is 11.1 Å². The van der Waals surface area contributed by atoms with E-state index < -0.39 is 0 Å². The van der Waals surface area contributed by atoms with Gasteiger partial charge in [0, 0.05) is 33.2 Å². The number of nitrogens with zero attached hydrogens (tertiary/aromatic N) is 3. The molecule has 4 nitrogen and oxygen atoms in total. The molecule has 0 saturated heterocycles. The van der Waals surface area contributed by atoms with Crippen LogP contribution < -0.4 is 10.6 Å². The predicted octanol–water partition coefficient (Wildman–Crippen LogP) is 3.70. The molecule has 0 amide bonds. The Balaban J connectivity index is 2.38. The van der Waals surface area contributed by atoms with Gasteiger partial charge in [0.25, 0.3) is 0 Å². The van der Waals surface area contributed by atoms with Gasteiger partial charge in [-0.15, -0.1) is 0 Å². The Morgan fingerprint density at radius 1 is 1.16 bits per heavy atom. The van der Waals surface area contributed by atoms with E-state index in [0.29, 0.717) is 5.82 Å². The van der Waals surface area contributed by atoms with Crippen LogP contribution in [0.2, 0.25) is 0 Å². The molecular weight excluding hydrogens is 466 g/mol. The highest BCUT2D eigenvalue weighted by Gasteiger charge is 2.12. The number of aromatic nitrogens is 2. The summed E-state index contributed by atoms with van der Waals surface area (Å²) in [6.07, 6.45) is 1.80. The van der Waals surface area contributed by atoms with Crippen molar-refractivity contribution in [1.82, 2.24) is 9.97 Å². The average molecular weight is 480 g/mol. The third-order valence-corrected chi connectivity index (χ3v) is 4.46. The first kappa shape index (κ1) is 14.8. The van der Waals surface area contributed by atoms with Gasteiger partial charge in [0.2, 0.25) is 0 Å². The van der Waals surface area contributed by atoms with Crippen molar-refractivity contribution in [2.75, 3.05) is 17.7 Å². The van der Waals surface area contributed by atoms with Gasteiger partial charge in [0.1, 0.15) is 17.5 Å². The number of hydrogen-bond donors (Lipinski definition) is 1. The molecule has 0 bridgehead atoms. The third-order valence-electron chi connectivity index (χ3n) is 2.81. The molecule has 0 aliphatic carbocycles. The number of hydrogen-bond acceptors (Lipinski definition) is 4. The number of nitrogen functional groups attached to an aromatic ring is 1. The molecule has 0 atom stereocenters. The Bertz CT molecular complexity index is 574. The van der Waals surface area contributed by atoms with E-state index in [0.717, 1.165) is 26.1 Å². The minimum atomic E-state index is 0.589. The highest BCUT2D eigenvalue weighted by Crippen LogP contribution is 2.26. The van der Waals surface area contributed by atoms with Crippen LogP contribution in [0.4, 0.5) is 17.5 Å². The highest BCUT2D eigenvalue weighted by atomic mass is 127. The van der Waals surface area contributed by atoms with E-state index in [4.69, 9.17) is 5.73 Å². The maximum atomic E-state index is 5.95. The summed E-state index contributed by atoms with van der Waals surface area (Å²) in [7, 11) is 1.96. The number of nitrogens with two attached hydrogens (primary N) is 1. The number of anilines is 3. The largest absolute Gasteiger partial charge is 0.383 e. The maximum Gasteiger partial charge on any atom is 0.137 e. The summed E-state index contributed by atoms with van der Waals surface area (Å²) in [4.78, 5) is 10.9. The fraction of sp³-hybridized carbons (Fsp3) is 0.231. The first-order valence-electron chi connectivity index (χ1n) is 5.72. The molecule has 2 heterocycles. The molecule has 0 radical (unpaired) electrons. The number of rotatable bonds is 4. The zero-order valence-corrected chi connectivity index (χ0v) is 14.8. The van der Waals surface area contributed by atoms with Crippen molar-refractivity contribution in [1.29, 1.82) is 0 Å². The van der Waals surface area contributed by atoms with E-state index in [1.807, 2.05) is 30.1 Å². The Morgan fingerprint density at radius 3 is 2.53 bits per heavy atom. The van der Waals surface area contributed by atoms with Crippen LogP contribution in [0.5, 0.6) is 0 Å². The van der Waals surface area contributed by atoms with Gasteiger partial charge in [0.15, 0.2) is 0 Å². The molecule has 6 heteroatoms. The molecule has 0 saturated carbocycles. The van der Waals surface area contributed by atoms with Gasteiger partial charge in [-0.05, 0) is 12.1 Å². The van der Waals surface area contributed by atoms with Crippen LogP contribution in [0, 0.1) is 0 Å². The van der Waals surface area contributed by atoms with Crippen molar-refractivity contribution in [3.05, 3.63) is 41.6 Å². The first-order chi connectivity index (χ1) is 9.17. The van der Waals surface area contributed by atoms with Gasteiger partial charge < -0.3 is 10.6 Å². The van der Waals surface area contributed by atoms with Crippen LogP contribution >= 0.6 is 45.2 Å². The van der Waals surface area contributed by atoms with Crippen LogP contribution in [0.25, 0.3) is 0 Å². The second-order valence-electron chi connectivity index (χ2n) is 4.03. The van der Waals surface area contributed by atoms with Crippen LogP contribution in [-0.2, 0) is 8.86 Å². The standard InChI is InChI=1S/C13H14I2N4/c1-19(13-10(8-15)3-2-6-17-13)11-5-4-9(7-14)12(16)18-11/h2-6H,7-8H2,1H3,(H2,16,18). The van der Waals surface area contributed by atoms with Gasteiger partial charge >= 0.3 is 0 Å². The molecule has 0 spiro atoms. The fourth-order valence-electron chi connectivity index (χ4n) is 1.74. The molecule has 2 aromatic heterocycles. The summed E-state index contributed by atoms with van der Waals surface area (Å²) >= 11 is 4.62. The third kappa shape index (κ3) is 3.28. The zero-order valence-electron chi connectivity index (χ0n) is 10.5. The summed E-state index contributed by atoms with van der Waals surface area (Å²) in [5.74, 6) is 2.33. The van der Waals surface area contributed by atoms with E-state index in [1.54, 1.807) is 6.20 Å². The van der Waals surface area contributed by atoms with Crippen molar-refractivity contribution >= 4 is 62.6 Å². The van der Waals surface area contributed by atoms with E-state index in [-0.39, 0.29) is 0 Å². The van der Waals surface area contributed by atoms with E-state index in [1.165, 1.54) is 5.56 Å². The van der Waals surface area contributed by atoms with E-state index >= 15 is 0 Å². The Labute approximate surface area is 140 Å². The summed E-state index contributed by atoms with van der Waals surface area (Å²) in [5, 5.41) is 0. The molecule has 19 heavy (non-hydrogen) atoms. The molecular formula is C13H14I2N4. The predicted molar refractivity (Wildman–Crippen MR) is 96.4 cm³/mol. The minimum absolute atomic E-state index is 0.589. The molecule has 100 valence electrons. The van der Waals surface area contributed by atoms with Crippen LogP contribution in [-0.4, -0.2) is 17.0 Å². The summed E-state index contributed by atoms with van der Waals surface area (Å²) < 4.78 is 1.77. The van der Waals surface area contributed by atoms with Gasteiger partial charge in [0.05, 0.1) is 0 Å². The molecule has 2 rings (SSSR count). The van der Waals surface area contributed by atoms with Gasteiger partial charge in [-0.2, -0.15) is 0 Å². The van der Waals surface area contributed by atoms with Crippen molar-refractivity contribution < 1.29 is 0 Å². The zero-order chi connectivity index (χ0) is 13.8. The van der Waals surface area contributed by atoms with E-state index in [9.17, 15) is 0 Å². The lowest BCUT2D eigenvalue weighted by Crippen LogP contribution is -2.15. The Morgan fingerprint density at radius 2 is 1.89 bits per heavy atom. The normalized spacial score (nSPS) is 10.5. The molecule has 0 aliphatic heterocycles. The van der Waals surface area contributed by atoms with Crippen molar-refractivity contribution in [3.63, 3.8) is 0 Å². The lowest BCUT2D eigenvalue weighted by molar-refractivity contribution is 1.06. The summed E-state index contributed by atoms with van der Waals surface area (Å²) in [5.41, 5.74) is 8.20. The lowest BCUT2D eigenvalue weighted by Gasteiger charge is -2.20. The lowest BCUT2D eigenvalue weighted by atomic mass is 10.2. The van der Waals surface area contributed by atoms with Crippen molar-refractivity contribution in [2.24, 2.45) is 0 Å². The Hall–Kier alpha value is -0.640. The molecule has 2 aromatic rings. The highest BCUT2D eigenvalue weighted by molar-refractivity contribution is 14.1. The van der Waals surface area contributed by atoms with Crippen molar-refractivity contribution in [3.8, 4) is 0 Å². The molecule has 2 N–H and O–H groups in total. The monoisotopic (exact) mass is 480 g/mol. The second-order valence-corrected chi connectivity index (χ2v) is 5.55. The molecule has 0 aliphatic rings. The smallest absolute Gasteiger partial charge is 0.137 e. The number of alkyl halides is 2. The second kappa shape index (κ2) is 6.69. The Kier molecular flexibility index (Phi) is 5.20. The van der Waals surface area contributed by atoms with Crippen LogP contribution in [0.15, 0.2) is 30.5 Å². The molecule has 0 fully saturated rings. The summed E-state index contributed by atoms with van der Waals surface area (Å²) in [6.45, 7) is 0. The minimum Gasteiger partial charge on any atom is -0.383 e. The average Bonchev–Trinajstić information content (AvgIpc) is 2.46. The SMILES string of the molecule is CN(c1ccc(CI)c(N)n1)c1ncccc1CI. The van der Waals surface area contributed by atoms with Crippen molar-refractivity contribution in [2.45, 2.75) is 8.86 Å². The fourth-order valence-corrected chi connectivity index (χ4v) is 2.98. The number of pyridine rings is 2. The topological polar surface area (TPSA) is 55.0 Å². The first-order valence-corrected chi connectivity index (χ1v) is 8.77. The summed E-state index contributed by atoms with van der Waals surface area (Å²) in [6, 6.07) is 8.03. The van der Waals surface area contributed by atoms with Gasteiger partial charge in [-0.1, -0.05) is 57.3 Å². The van der Waals surface area contributed by atoms with Gasteiger partial charge in [-0.25, -0.2) is 9.97 Å². The maximum absolute atomic E-state index is 5.95. The molecule has 0 unspecified atom stereocenters. The number of halogens is 2. The molecule has 0 aromatic carbocycles. The van der Waals surface area contributed by atoms with Gasteiger partial charge in [-0.3, -0.25) is 0 Å². The van der Waals surface area contributed by atoms with Crippen LogP contribution in [0.3, 0.4) is 0 Å². The van der Waals surface area contributed by atoms with E-state index in [2.05, 4.69) is 61.2 Å².